The molecule has 1 amide bonds. The highest BCUT2D eigenvalue weighted by Crippen LogP contribution is 2.31. The molecule has 2 aromatic heterocycles. The second-order valence-corrected chi connectivity index (χ2v) is 11.9. The maximum atomic E-state index is 13.0. The molecule has 208 valence electrons. The molecule has 2 unspecified atom stereocenters. The maximum absolute atomic E-state index is 13.0. The molecule has 0 saturated carbocycles. The third-order valence-electron chi connectivity index (χ3n) is 6.83. The van der Waals surface area contributed by atoms with Gasteiger partial charge in [-0.2, -0.15) is 5.10 Å². The number of aromatic amines is 1. The molecule has 2 atom stereocenters. The number of hydrogen-bond acceptors (Lipinski definition) is 4. The monoisotopic (exact) mass is 555 g/mol. The lowest BCUT2D eigenvalue weighted by atomic mass is 10.0. The van der Waals surface area contributed by atoms with E-state index in [1.807, 2.05) is 66.2 Å². The van der Waals surface area contributed by atoms with Crippen molar-refractivity contribution in [2.45, 2.75) is 32.0 Å². The van der Waals surface area contributed by atoms with Gasteiger partial charge in [0.05, 0.1) is 6.20 Å². The van der Waals surface area contributed by atoms with Gasteiger partial charge in [0.15, 0.2) is 0 Å². The minimum absolute atomic E-state index is 0.0314. The zero-order valence-electron chi connectivity index (χ0n) is 23.8. The first kappa shape index (κ1) is 29.0. The molecule has 1 saturated heterocycles. The van der Waals surface area contributed by atoms with Crippen molar-refractivity contribution < 1.29 is 4.79 Å². The highest BCUT2D eigenvalue weighted by atomic mass is 31.0. The van der Waals surface area contributed by atoms with E-state index in [-0.39, 0.29) is 17.1 Å². The van der Waals surface area contributed by atoms with E-state index in [0.29, 0.717) is 5.69 Å². The standard InChI is InChI=1S/C31H38N7OP/c1-7-8-24(26-17-34-35-18-26)11-9-22(3)36-29(32-5)21(2)15-33-16-23-10-12-25-14-28(37(6)27(25)13-23)30(39)38-19-31(4,40)20-38/h7-18,22H,1,19-20,40H2,2-6H3,(H,32,36)(H,34,35)/b11-9-,21-15-,24-8+,33-16+. The summed E-state index contributed by atoms with van der Waals surface area (Å²) in [5.41, 5.74) is 5.58. The van der Waals surface area contributed by atoms with Crippen LogP contribution in [0.3, 0.4) is 0 Å². The Kier molecular flexibility index (Phi) is 9.00. The number of nitrogens with one attached hydrogen (secondary N) is 2. The fraction of sp³-hybridized carbons (Fsp3) is 0.290. The van der Waals surface area contributed by atoms with Crippen molar-refractivity contribution in [1.29, 1.82) is 0 Å². The van der Waals surface area contributed by atoms with Crippen molar-refractivity contribution in [2.24, 2.45) is 17.0 Å². The summed E-state index contributed by atoms with van der Waals surface area (Å²) in [6.45, 7) is 11.5. The number of aromatic nitrogens is 3. The van der Waals surface area contributed by atoms with Crippen molar-refractivity contribution in [3.63, 3.8) is 0 Å². The molecule has 0 bridgehead atoms. The third-order valence-corrected chi connectivity index (χ3v) is 7.19. The Morgan fingerprint density at radius 2 is 2.10 bits per heavy atom. The number of carbonyl (C=O) groups excluding carboxylic acids is 1. The smallest absolute Gasteiger partial charge is 0.270 e. The molecule has 1 aliphatic rings. The molecule has 4 rings (SSSR count). The summed E-state index contributed by atoms with van der Waals surface area (Å²) in [5, 5.41) is 11.5. The van der Waals surface area contributed by atoms with E-state index in [0.717, 1.165) is 52.1 Å². The minimum atomic E-state index is 0.0314. The summed E-state index contributed by atoms with van der Waals surface area (Å²) in [7, 11) is 6.54. The Labute approximate surface area is 238 Å². The SMILES string of the molecule is C=C/C=C(\C=C/C(C)NC(=N/C)/C(C)=C\N=C\c1ccc2cc(C(=O)N3CC(C)(P)C3)n(C)c2c1)c1cn[nH]c1. The first-order valence-electron chi connectivity index (χ1n) is 13.2. The number of H-pyrrole nitrogens is 1. The molecule has 1 fully saturated rings. The van der Waals surface area contributed by atoms with Gasteiger partial charge in [0, 0.05) is 79.0 Å². The van der Waals surface area contributed by atoms with Crippen molar-refractivity contribution >= 4 is 43.7 Å². The first-order chi connectivity index (χ1) is 19.1. The Morgan fingerprint density at radius 1 is 1.32 bits per heavy atom. The van der Waals surface area contributed by atoms with Gasteiger partial charge >= 0.3 is 0 Å². The van der Waals surface area contributed by atoms with Gasteiger partial charge in [-0.3, -0.25) is 19.9 Å². The summed E-state index contributed by atoms with van der Waals surface area (Å²) in [6.07, 6.45) is 15.1. The van der Waals surface area contributed by atoms with Crippen LogP contribution in [0.1, 0.15) is 42.4 Å². The summed E-state index contributed by atoms with van der Waals surface area (Å²) in [4.78, 5) is 23.9. The van der Waals surface area contributed by atoms with Crippen molar-refractivity contribution in [3.8, 4) is 0 Å². The van der Waals surface area contributed by atoms with Gasteiger partial charge in [-0.25, -0.2) is 0 Å². The van der Waals surface area contributed by atoms with Gasteiger partial charge in [-0.1, -0.05) is 49.9 Å². The van der Waals surface area contributed by atoms with E-state index >= 15 is 0 Å². The molecule has 1 aromatic carbocycles. The fourth-order valence-electron chi connectivity index (χ4n) is 4.71. The number of benzene rings is 1. The van der Waals surface area contributed by atoms with Gasteiger partial charge < -0.3 is 14.8 Å². The first-order valence-corrected chi connectivity index (χ1v) is 13.8. The van der Waals surface area contributed by atoms with Crippen LogP contribution in [0, 0.1) is 0 Å². The van der Waals surface area contributed by atoms with Crippen molar-refractivity contribution in [3.05, 3.63) is 96.1 Å². The second kappa shape index (κ2) is 12.4. The largest absolute Gasteiger partial charge is 0.364 e. The second-order valence-electron chi connectivity index (χ2n) is 10.5. The number of aryl methyl sites for hydroxylation is 1. The number of amidine groups is 1. The van der Waals surface area contributed by atoms with Gasteiger partial charge in [-0.15, -0.1) is 9.24 Å². The number of likely N-dealkylation sites (tertiary alicyclic amines) is 1. The average Bonchev–Trinajstić information content (AvgIpc) is 3.56. The summed E-state index contributed by atoms with van der Waals surface area (Å²) < 4.78 is 1.97. The molecule has 0 radical (unpaired) electrons. The van der Waals surface area contributed by atoms with Gasteiger partial charge in [0.25, 0.3) is 5.91 Å². The molecule has 3 aromatic rings. The van der Waals surface area contributed by atoms with Crippen molar-refractivity contribution in [2.75, 3.05) is 20.1 Å². The number of aliphatic imine (C=N–C) groups is 2. The topological polar surface area (TPSA) is 90.7 Å². The zero-order valence-corrected chi connectivity index (χ0v) is 25.0. The summed E-state index contributed by atoms with van der Waals surface area (Å²) >= 11 is 0. The summed E-state index contributed by atoms with van der Waals surface area (Å²) in [5.74, 6) is 0.838. The van der Waals surface area contributed by atoms with Crippen LogP contribution in [0.25, 0.3) is 16.5 Å². The Hall–Kier alpha value is -4.03. The Bertz CT molecular complexity index is 1530. The normalized spacial score (nSPS) is 17.1. The van der Waals surface area contributed by atoms with E-state index in [1.54, 1.807) is 25.5 Å². The van der Waals surface area contributed by atoms with E-state index in [4.69, 9.17) is 0 Å². The predicted molar refractivity (Wildman–Crippen MR) is 170 cm³/mol. The van der Waals surface area contributed by atoms with Gasteiger partial charge in [-0.05, 0) is 37.1 Å². The average molecular weight is 556 g/mol. The van der Waals surface area contributed by atoms with E-state index in [2.05, 4.69) is 67.3 Å². The lowest BCUT2D eigenvalue weighted by molar-refractivity contribution is 0.0572. The van der Waals surface area contributed by atoms with E-state index in [9.17, 15) is 4.79 Å². The van der Waals surface area contributed by atoms with Crippen LogP contribution in [0.4, 0.5) is 0 Å². The van der Waals surface area contributed by atoms with Gasteiger partial charge in [0.1, 0.15) is 11.5 Å². The maximum Gasteiger partial charge on any atom is 0.270 e. The molecule has 9 heteroatoms. The van der Waals surface area contributed by atoms with Crippen LogP contribution in [0.2, 0.25) is 0 Å². The van der Waals surface area contributed by atoms with Crippen LogP contribution < -0.4 is 5.32 Å². The number of carbonyl (C=O) groups is 1. The molecule has 0 spiro atoms. The van der Waals surface area contributed by atoms with Crippen LogP contribution in [0.5, 0.6) is 0 Å². The van der Waals surface area contributed by atoms with Crippen molar-refractivity contribution in [1.82, 2.24) is 25.0 Å². The molecule has 8 nitrogen and oxygen atoms in total. The minimum Gasteiger partial charge on any atom is -0.364 e. The van der Waals surface area contributed by atoms with E-state index in [1.165, 1.54) is 0 Å². The number of allylic oxidation sites excluding steroid dienone is 4. The van der Waals surface area contributed by atoms with Crippen LogP contribution in [-0.2, 0) is 7.05 Å². The molecule has 0 aliphatic carbocycles. The fourth-order valence-corrected chi connectivity index (χ4v) is 5.15. The predicted octanol–water partition coefficient (Wildman–Crippen LogP) is 5.15. The number of amides is 1. The van der Waals surface area contributed by atoms with Crippen LogP contribution >= 0.6 is 9.24 Å². The molecular weight excluding hydrogens is 517 g/mol. The highest BCUT2D eigenvalue weighted by Gasteiger charge is 2.38. The number of hydrogen-bond donors (Lipinski definition) is 2. The quantitative estimate of drug-likeness (QED) is 0.166. The number of rotatable bonds is 9. The number of fused-ring (bicyclic) bond motifs is 1. The van der Waals surface area contributed by atoms with Gasteiger partial charge in [0.2, 0.25) is 0 Å². The third kappa shape index (κ3) is 6.75. The molecular formula is C31H38N7OP. The van der Waals surface area contributed by atoms with Crippen LogP contribution in [0.15, 0.2) is 89.3 Å². The highest BCUT2D eigenvalue weighted by molar-refractivity contribution is 7.19. The lowest BCUT2D eigenvalue weighted by Crippen LogP contribution is -2.58. The molecule has 3 heterocycles. The summed E-state index contributed by atoms with van der Waals surface area (Å²) in [6, 6.07) is 8.11. The zero-order chi connectivity index (χ0) is 28.9. The Balaban J connectivity index is 1.41. The molecule has 2 N–H and O–H groups in total. The molecule has 1 aliphatic heterocycles. The van der Waals surface area contributed by atoms with E-state index < -0.39 is 0 Å². The number of nitrogens with zero attached hydrogens (tertiary/aromatic N) is 5. The lowest BCUT2D eigenvalue weighted by Gasteiger charge is -2.45. The van der Waals surface area contributed by atoms with Crippen LogP contribution in [-0.4, -0.2) is 69.0 Å². The molecule has 40 heavy (non-hydrogen) atoms. The Morgan fingerprint density at radius 3 is 2.75 bits per heavy atom.